The van der Waals surface area contributed by atoms with Crippen LogP contribution in [-0.2, 0) is 4.79 Å². The first-order chi connectivity index (χ1) is 10.9. The lowest BCUT2D eigenvalue weighted by Gasteiger charge is -2.06. The molecule has 7 N–H and O–H groups in total. The summed E-state index contributed by atoms with van der Waals surface area (Å²) in [7, 11) is 0. The van der Waals surface area contributed by atoms with E-state index >= 15 is 0 Å². The van der Waals surface area contributed by atoms with E-state index in [1.54, 1.807) is 0 Å². The summed E-state index contributed by atoms with van der Waals surface area (Å²) < 4.78 is 0. The lowest BCUT2D eigenvalue weighted by molar-refractivity contribution is -0.119. The first-order valence-electron chi connectivity index (χ1n) is 8.45. The van der Waals surface area contributed by atoms with E-state index in [4.69, 9.17) is 17.2 Å². The minimum absolute atomic E-state index is 0.0463. The molecule has 1 fully saturated rings. The summed E-state index contributed by atoms with van der Waals surface area (Å²) in [5.74, 6) is 0.442. The maximum Gasteiger partial charge on any atom is 0.234 e. The van der Waals surface area contributed by atoms with Crippen LogP contribution in [-0.4, -0.2) is 25.0 Å². The molecule has 0 bridgehead atoms. The van der Waals surface area contributed by atoms with E-state index in [0.29, 0.717) is 5.92 Å². The van der Waals surface area contributed by atoms with Gasteiger partial charge in [-0.25, -0.2) is 0 Å². The quantitative estimate of drug-likeness (QED) is 0.679. The lowest BCUT2D eigenvalue weighted by Crippen LogP contribution is -2.36. The van der Waals surface area contributed by atoms with Crippen molar-refractivity contribution in [3.63, 3.8) is 0 Å². The van der Waals surface area contributed by atoms with E-state index in [-0.39, 0.29) is 18.0 Å². The fraction of sp³-hybridized carbons (Fsp3) is 0.611. The number of rotatable bonds is 4. The van der Waals surface area contributed by atoms with Gasteiger partial charge in [-0.3, -0.25) is 4.79 Å². The average Bonchev–Trinajstić information content (AvgIpc) is 3.11. The summed E-state index contributed by atoms with van der Waals surface area (Å²) in [6.07, 6.45) is 2.99. The summed E-state index contributed by atoms with van der Waals surface area (Å²) in [6.45, 7) is 8.03. The second kappa shape index (κ2) is 13.0. The van der Waals surface area contributed by atoms with Crippen molar-refractivity contribution in [1.82, 2.24) is 5.32 Å². The number of nitrogens with one attached hydrogen (secondary N) is 1. The van der Waals surface area contributed by atoms with Gasteiger partial charge in [0.25, 0.3) is 0 Å². The van der Waals surface area contributed by atoms with Crippen LogP contribution in [0.15, 0.2) is 30.3 Å². The largest absolute Gasteiger partial charge is 0.368 e. The van der Waals surface area contributed by atoms with Crippen molar-refractivity contribution in [2.75, 3.05) is 13.1 Å². The fourth-order valence-electron chi connectivity index (χ4n) is 1.86. The van der Waals surface area contributed by atoms with E-state index in [1.807, 2.05) is 18.2 Å². The molecule has 1 aliphatic heterocycles. The molecule has 1 unspecified atom stereocenters. The normalized spacial score (nSPS) is 17.6. The van der Waals surface area contributed by atoms with Gasteiger partial charge in [-0.2, -0.15) is 0 Å². The third-order valence-electron chi connectivity index (χ3n) is 3.54. The number of primary amides is 1. The van der Waals surface area contributed by atoms with E-state index in [2.05, 4.69) is 38.2 Å². The third-order valence-corrected chi connectivity index (χ3v) is 3.54. The molecule has 1 aromatic rings. The smallest absolute Gasteiger partial charge is 0.234 e. The Morgan fingerprint density at radius 1 is 1.30 bits per heavy atom. The van der Waals surface area contributed by atoms with Gasteiger partial charge >= 0.3 is 0 Å². The van der Waals surface area contributed by atoms with Crippen LogP contribution in [0.25, 0.3) is 0 Å². The van der Waals surface area contributed by atoms with Crippen LogP contribution in [0.5, 0.6) is 0 Å². The SMILES string of the molecule is CC(C)CN.CCC(N)c1ccccc1.NC(=O)[C@H]1CCCN1. The first-order valence-corrected chi connectivity index (χ1v) is 8.45. The number of carbonyl (C=O) groups excluding carboxylic acids is 1. The molecule has 0 aromatic heterocycles. The summed E-state index contributed by atoms with van der Waals surface area (Å²) >= 11 is 0. The Bertz CT molecular complexity index is 403. The van der Waals surface area contributed by atoms with Gasteiger partial charge in [0.15, 0.2) is 0 Å². The minimum atomic E-state index is -0.220. The Balaban J connectivity index is 0.000000335. The molecule has 1 heterocycles. The number of carbonyl (C=O) groups is 1. The summed E-state index contributed by atoms with van der Waals surface area (Å²) in [5, 5.41) is 2.98. The van der Waals surface area contributed by atoms with E-state index in [9.17, 15) is 4.79 Å². The molecule has 1 amide bonds. The Morgan fingerprint density at radius 2 is 1.87 bits per heavy atom. The lowest BCUT2D eigenvalue weighted by atomic mass is 10.1. The molecule has 2 rings (SSSR count). The first kappa shape index (κ1) is 21.6. The predicted octanol–water partition coefficient (Wildman–Crippen LogP) is 1.92. The standard InChI is InChI=1S/C9H13N.C5H10N2O.C4H11N/c1-2-9(10)8-6-4-3-5-7-8;6-5(8)4-2-1-3-7-4;1-4(2)3-5/h3-7,9H,2,10H2,1H3;4,7H,1-3H2,(H2,6,8);4H,3,5H2,1-2H3/t;4-;/m.1./s1. The number of benzene rings is 1. The maximum atomic E-state index is 10.4. The highest BCUT2D eigenvalue weighted by Crippen LogP contribution is 2.11. The molecule has 0 spiro atoms. The van der Waals surface area contributed by atoms with E-state index in [1.165, 1.54) is 5.56 Å². The molecule has 1 aliphatic rings. The van der Waals surface area contributed by atoms with Crippen molar-refractivity contribution in [2.24, 2.45) is 23.1 Å². The molecular formula is C18H34N4O. The number of hydrogen-bond donors (Lipinski definition) is 4. The van der Waals surface area contributed by atoms with Crippen LogP contribution in [0.3, 0.4) is 0 Å². The van der Waals surface area contributed by atoms with Gasteiger partial charge in [-0.05, 0) is 43.8 Å². The van der Waals surface area contributed by atoms with Crippen LogP contribution in [0.2, 0.25) is 0 Å². The summed E-state index contributed by atoms with van der Waals surface area (Å²) in [6, 6.07) is 10.3. The van der Waals surface area contributed by atoms with Crippen LogP contribution in [0.1, 0.15) is 51.6 Å². The second-order valence-corrected chi connectivity index (χ2v) is 6.11. The van der Waals surface area contributed by atoms with Crippen LogP contribution in [0, 0.1) is 5.92 Å². The van der Waals surface area contributed by atoms with Gasteiger partial charge in [0.2, 0.25) is 5.91 Å². The molecule has 0 radical (unpaired) electrons. The highest BCUT2D eigenvalue weighted by molar-refractivity contribution is 5.80. The van der Waals surface area contributed by atoms with Crippen molar-refractivity contribution in [3.8, 4) is 0 Å². The molecule has 132 valence electrons. The molecule has 0 saturated carbocycles. The van der Waals surface area contributed by atoms with Gasteiger partial charge in [0.1, 0.15) is 0 Å². The van der Waals surface area contributed by atoms with Gasteiger partial charge in [-0.15, -0.1) is 0 Å². The Hall–Kier alpha value is -1.43. The minimum Gasteiger partial charge on any atom is -0.368 e. The monoisotopic (exact) mass is 322 g/mol. The van der Waals surface area contributed by atoms with Crippen molar-refractivity contribution < 1.29 is 4.79 Å². The van der Waals surface area contributed by atoms with Crippen molar-refractivity contribution in [3.05, 3.63) is 35.9 Å². The van der Waals surface area contributed by atoms with Gasteiger partial charge < -0.3 is 22.5 Å². The summed E-state index contributed by atoms with van der Waals surface area (Å²) in [4.78, 5) is 10.4. The molecule has 5 nitrogen and oxygen atoms in total. The fourth-order valence-corrected chi connectivity index (χ4v) is 1.86. The van der Waals surface area contributed by atoms with Crippen molar-refractivity contribution in [2.45, 2.75) is 52.1 Å². The highest BCUT2D eigenvalue weighted by atomic mass is 16.1. The molecular weight excluding hydrogens is 288 g/mol. The van der Waals surface area contributed by atoms with Gasteiger partial charge in [0.05, 0.1) is 6.04 Å². The molecule has 1 aromatic carbocycles. The van der Waals surface area contributed by atoms with Crippen LogP contribution < -0.4 is 22.5 Å². The van der Waals surface area contributed by atoms with Crippen LogP contribution in [0.4, 0.5) is 0 Å². The zero-order valence-corrected chi connectivity index (χ0v) is 14.8. The van der Waals surface area contributed by atoms with E-state index in [0.717, 1.165) is 32.4 Å². The maximum absolute atomic E-state index is 10.4. The van der Waals surface area contributed by atoms with Crippen LogP contribution >= 0.6 is 0 Å². The molecule has 5 heteroatoms. The third kappa shape index (κ3) is 10.8. The van der Waals surface area contributed by atoms with Crippen molar-refractivity contribution >= 4 is 5.91 Å². The molecule has 2 atom stereocenters. The van der Waals surface area contributed by atoms with Gasteiger partial charge in [-0.1, -0.05) is 51.1 Å². The zero-order chi connectivity index (χ0) is 17.7. The number of hydrogen-bond acceptors (Lipinski definition) is 4. The van der Waals surface area contributed by atoms with Crippen molar-refractivity contribution in [1.29, 1.82) is 0 Å². The average molecular weight is 322 g/mol. The van der Waals surface area contributed by atoms with Gasteiger partial charge in [0, 0.05) is 6.04 Å². The number of amides is 1. The Morgan fingerprint density at radius 3 is 2.17 bits per heavy atom. The highest BCUT2D eigenvalue weighted by Gasteiger charge is 2.18. The molecule has 0 aliphatic carbocycles. The number of nitrogens with two attached hydrogens (primary N) is 3. The van der Waals surface area contributed by atoms with E-state index < -0.39 is 0 Å². The zero-order valence-electron chi connectivity index (χ0n) is 14.8. The Kier molecular flexibility index (Phi) is 12.2. The summed E-state index contributed by atoms with van der Waals surface area (Å²) in [5.41, 5.74) is 17.2. The molecule has 23 heavy (non-hydrogen) atoms. The second-order valence-electron chi connectivity index (χ2n) is 6.11. The predicted molar refractivity (Wildman–Crippen MR) is 97.8 cm³/mol. The topological polar surface area (TPSA) is 107 Å². The Labute approximate surface area is 141 Å². The molecule has 1 saturated heterocycles.